The minimum Gasteiger partial charge on any atom is -0.306 e. The molecule has 0 N–H and O–H groups in total. The van der Waals surface area contributed by atoms with Gasteiger partial charge in [-0.2, -0.15) is 0 Å². The van der Waals surface area contributed by atoms with Crippen LogP contribution in [0.4, 0.5) is 0 Å². The molecule has 1 aromatic carbocycles. The first-order valence-corrected chi connectivity index (χ1v) is 7.17. The molecule has 0 spiro atoms. The minimum absolute atomic E-state index is 0. The number of benzene rings is 1. The molecule has 0 saturated heterocycles. The van der Waals surface area contributed by atoms with Crippen molar-refractivity contribution in [2.75, 3.05) is 26.0 Å². The maximum atomic E-state index is 6.32. The van der Waals surface area contributed by atoms with Crippen LogP contribution in [0.1, 0.15) is 23.1 Å². The van der Waals surface area contributed by atoms with E-state index in [2.05, 4.69) is 24.1 Å². The Bertz CT molecular complexity index is 393. The molecule has 0 fully saturated rings. The fraction of sp³-hybridized carbons (Fsp3) is 0.571. The summed E-state index contributed by atoms with van der Waals surface area (Å²) < 4.78 is 0. The fourth-order valence-corrected chi connectivity index (χ4v) is 2.91. The number of hydrogen-bond acceptors (Lipinski definition) is 1. The third-order valence-corrected chi connectivity index (χ3v) is 4.16. The van der Waals surface area contributed by atoms with Gasteiger partial charge in [0.15, 0.2) is 0 Å². The van der Waals surface area contributed by atoms with Crippen molar-refractivity contribution in [2.24, 2.45) is 0 Å². The number of hydrogen-bond donors (Lipinski definition) is 0. The summed E-state index contributed by atoms with van der Waals surface area (Å²) in [5.41, 5.74) is 4.29. The van der Waals surface area contributed by atoms with Crippen LogP contribution in [0, 0.1) is 0 Å². The number of aryl methyl sites for hydroxylation is 1. The summed E-state index contributed by atoms with van der Waals surface area (Å²) in [7, 11) is 2.18. The molecule has 0 radical (unpaired) electrons. The molecule has 1 aliphatic heterocycles. The van der Waals surface area contributed by atoms with Gasteiger partial charge >= 0.3 is 0 Å². The number of halogens is 3. The zero-order valence-corrected chi connectivity index (χ0v) is 13.0. The summed E-state index contributed by atoms with van der Waals surface area (Å²) in [5, 5.41) is 0.935. The van der Waals surface area contributed by atoms with Crippen molar-refractivity contribution in [1.82, 2.24) is 4.90 Å². The summed E-state index contributed by atoms with van der Waals surface area (Å²) in [6, 6.07) is 4.23. The average molecular weight is 309 g/mol. The van der Waals surface area contributed by atoms with E-state index in [4.69, 9.17) is 23.2 Å². The van der Waals surface area contributed by atoms with Gasteiger partial charge < -0.3 is 4.90 Å². The SMILES string of the molecule is CN1CCc2c(Cl)ccc(CCCCl)c2CC1.Cl. The standard InChI is InChI=1S/C14H19Cl2N.ClH/c1-17-9-6-12-11(3-2-8-15)4-5-14(16)13(12)7-10-17;/h4-5H,2-3,6-10H2,1H3;1H. The van der Waals surface area contributed by atoms with Crippen LogP contribution in [0.25, 0.3) is 0 Å². The fourth-order valence-electron chi connectivity index (χ4n) is 2.50. The van der Waals surface area contributed by atoms with Crippen LogP contribution in [0.5, 0.6) is 0 Å². The number of alkyl halides is 1. The summed E-state index contributed by atoms with van der Waals surface area (Å²) in [5.74, 6) is 0.733. The Hall–Kier alpha value is 0.0500. The van der Waals surface area contributed by atoms with Gasteiger partial charge in [0.25, 0.3) is 0 Å². The van der Waals surface area contributed by atoms with Gasteiger partial charge in [-0.05, 0) is 55.5 Å². The van der Waals surface area contributed by atoms with Gasteiger partial charge in [0, 0.05) is 24.0 Å². The molecule has 0 unspecified atom stereocenters. The van der Waals surface area contributed by atoms with Gasteiger partial charge in [0.1, 0.15) is 0 Å². The molecule has 18 heavy (non-hydrogen) atoms. The second-order valence-corrected chi connectivity index (χ2v) is 5.54. The third kappa shape index (κ3) is 3.77. The molecular weight excluding hydrogens is 289 g/mol. The first-order chi connectivity index (χ1) is 8.22. The number of rotatable bonds is 3. The third-order valence-electron chi connectivity index (χ3n) is 3.54. The van der Waals surface area contributed by atoms with E-state index in [0.717, 1.165) is 49.7 Å². The zero-order valence-electron chi connectivity index (χ0n) is 10.7. The van der Waals surface area contributed by atoms with Crippen molar-refractivity contribution >= 4 is 35.6 Å². The van der Waals surface area contributed by atoms with Crippen LogP contribution < -0.4 is 0 Å². The van der Waals surface area contributed by atoms with Crippen molar-refractivity contribution in [2.45, 2.75) is 25.7 Å². The highest BCUT2D eigenvalue weighted by molar-refractivity contribution is 6.31. The van der Waals surface area contributed by atoms with Crippen molar-refractivity contribution in [3.05, 3.63) is 33.8 Å². The van der Waals surface area contributed by atoms with Gasteiger partial charge in [-0.1, -0.05) is 17.7 Å². The van der Waals surface area contributed by atoms with E-state index >= 15 is 0 Å². The Morgan fingerprint density at radius 2 is 1.83 bits per heavy atom. The van der Waals surface area contributed by atoms with Gasteiger partial charge in [-0.15, -0.1) is 24.0 Å². The predicted octanol–water partition coefficient (Wildman–Crippen LogP) is 3.96. The van der Waals surface area contributed by atoms with Crippen molar-refractivity contribution in [1.29, 1.82) is 0 Å². The second kappa shape index (κ2) is 7.59. The molecule has 1 heterocycles. The summed E-state index contributed by atoms with van der Waals surface area (Å²) >= 11 is 12.1. The van der Waals surface area contributed by atoms with Crippen LogP contribution in [0.3, 0.4) is 0 Å². The maximum Gasteiger partial charge on any atom is 0.0441 e. The number of fused-ring (bicyclic) bond motifs is 1. The molecule has 0 aliphatic carbocycles. The molecule has 1 aromatic rings. The highest BCUT2D eigenvalue weighted by atomic mass is 35.5. The summed E-state index contributed by atoms with van der Waals surface area (Å²) in [4.78, 5) is 2.38. The Labute approximate surface area is 126 Å². The molecule has 0 aromatic heterocycles. The topological polar surface area (TPSA) is 3.24 Å². The summed E-state index contributed by atoms with van der Waals surface area (Å²) in [6.45, 7) is 2.23. The molecule has 1 aliphatic rings. The van der Waals surface area contributed by atoms with Gasteiger partial charge in [-0.25, -0.2) is 0 Å². The lowest BCUT2D eigenvalue weighted by Gasteiger charge is -2.13. The monoisotopic (exact) mass is 307 g/mol. The molecule has 2 rings (SSSR count). The Morgan fingerprint density at radius 3 is 2.50 bits per heavy atom. The molecule has 102 valence electrons. The quantitative estimate of drug-likeness (QED) is 0.764. The van der Waals surface area contributed by atoms with Crippen molar-refractivity contribution in [3.8, 4) is 0 Å². The molecule has 0 bridgehead atoms. The first-order valence-electron chi connectivity index (χ1n) is 6.26. The Balaban J connectivity index is 0.00000162. The average Bonchev–Trinajstić information content (AvgIpc) is 2.52. The molecule has 4 heteroatoms. The van der Waals surface area contributed by atoms with Gasteiger partial charge in [0.05, 0.1) is 0 Å². The largest absolute Gasteiger partial charge is 0.306 e. The lowest BCUT2D eigenvalue weighted by molar-refractivity contribution is 0.352. The van der Waals surface area contributed by atoms with Crippen molar-refractivity contribution in [3.63, 3.8) is 0 Å². The van der Waals surface area contributed by atoms with Gasteiger partial charge in [0.2, 0.25) is 0 Å². The van der Waals surface area contributed by atoms with E-state index < -0.39 is 0 Å². The number of likely N-dealkylation sites (N-methyl/N-ethyl adjacent to an activating group) is 1. The van der Waals surface area contributed by atoms with Crippen LogP contribution >= 0.6 is 35.6 Å². The van der Waals surface area contributed by atoms with Crippen LogP contribution in [-0.4, -0.2) is 30.9 Å². The highest BCUT2D eigenvalue weighted by Crippen LogP contribution is 2.27. The van der Waals surface area contributed by atoms with Crippen LogP contribution in [0.15, 0.2) is 12.1 Å². The predicted molar refractivity (Wildman–Crippen MR) is 82.6 cm³/mol. The van der Waals surface area contributed by atoms with Crippen LogP contribution in [0.2, 0.25) is 5.02 Å². The van der Waals surface area contributed by atoms with E-state index in [1.165, 1.54) is 16.7 Å². The Kier molecular flexibility index (Phi) is 6.79. The molecule has 0 saturated carbocycles. The normalized spacial score (nSPS) is 15.7. The van der Waals surface area contributed by atoms with Crippen LogP contribution in [-0.2, 0) is 19.3 Å². The number of nitrogens with zero attached hydrogens (tertiary/aromatic N) is 1. The zero-order chi connectivity index (χ0) is 12.3. The Morgan fingerprint density at radius 1 is 1.17 bits per heavy atom. The molecule has 0 atom stereocenters. The first kappa shape index (κ1) is 16.1. The minimum atomic E-state index is 0. The van der Waals surface area contributed by atoms with Gasteiger partial charge in [-0.3, -0.25) is 0 Å². The van der Waals surface area contributed by atoms with E-state index in [-0.39, 0.29) is 12.4 Å². The van der Waals surface area contributed by atoms with E-state index in [9.17, 15) is 0 Å². The lowest BCUT2D eigenvalue weighted by atomic mass is 9.94. The molecule has 1 nitrogen and oxygen atoms in total. The van der Waals surface area contributed by atoms with Crippen molar-refractivity contribution < 1.29 is 0 Å². The smallest absolute Gasteiger partial charge is 0.0441 e. The highest BCUT2D eigenvalue weighted by Gasteiger charge is 2.16. The maximum absolute atomic E-state index is 6.32. The van der Waals surface area contributed by atoms with E-state index in [1.54, 1.807) is 0 Å². The lowest BCUT2D eigenvalue weighted by Crippen LogP contribution is -2.20. The molecule has 0 amide bonds. The summed E-state index contributed by atoms with van der Waals surface area (Å²) in [6.07, 6.45) is 4.31. The van der Waals surface area contributed by atoms with E-state index in [0.29, 0.717) is 0 Å². The second-order valence-electron chi connectivity index (χ2n) is 4.76. The molecular formula is C14H20Cl3N. The van der Waals surface area contributed by atoms with E-state index in [1.807, 2.05) is 0 Å².